The molecule has 2 N–H and O–H groups in total. The van der Waals surface area contributed by atoms with Crippen LogP contribution in [0.2, 0.25) is 0 Å². The van der Waals surface area contributed by atoms with E-state index in [1.165, 1.54) is 4.90 Å². The quantitative estimate of drug-likeness (QED) is 0.440. The van der Waals surface area contributed by atoms with E-state index < -0.39 is 18.0 Å². The molecule has 134 valence electrons. The second-order valence-electron chi connectivity index (χ2n) is 6.92. The molecule has 2 aromatic rings. The third-order valence-electron chi connectivity index (χ3n) is 5.36. The fourth-order valence-electron chi connectivity index (χ4n) is 4.10. The number of carbonyl (C=O) groups is 2. The molecule has 0 saturated carbocycles. The predicted octanol–water partition coefficient (Wildman–Crippen LogP) is -2.59. The zero-order valence-corrected chi connectivity index (χ0v) is 18.3. The number of benzene rings is 2. The van der Waals surface area contributed by atoms with Crippen molar-refractivity contribution in [3.63, 3.8) is 0 Å². The van der Waals surface area contributed by atoms with Gasteiger partial charge in [-0.25, -0.2) is 0 Å². The number of hydrogen-bond acceptors (Lipinski definition) is 5. The van der Waals surface area contributed by atoms with Crippen molar-refractivity contribution in [3.05, 3.63) is 53.2 Å². The maximum atomic E-state index is 12.3. The SMILES string of the molecule is C[C@@H](O)[C@H]1C(=O)N2C(C(=O)[O-])=C(c3ccc4cc(CO)ccc4c3)C[C@H]12.[K+]. The number of carboxylic acid groups (broad SMARTS) is 1. The van der Waals surface area contributed by atoms with Gasteiger partial charge in [0.25, 0.3) is 0 Å². The Morgan fingerprint density at radius 2 is 1.93 bits per heavy atom. The molecule has 0 aliphatic carbocycles. The zero-order valence-electron chi connectivity index (χ0n) is 15.2. The molecular weight excluding hydrogens is 373 g/mol. The molecule has 4 rings (SSSR count). The average molecular weight is 391 g/mol. The van der Waals surface area contributed by atoms with Crippen molar-refractivity contribution >= 4 is 28.2 Å². The van der Waals surface area contributed by atoms with Crippen molar-refractivity contribution in [2.24, 2.45) is 5.92 Å². The van der Waals surface area contributed by atoms with E-state index in [1.807, 2.05) is 36.4 Å². The number of aliphatic hydroxyl groups is 2. The third-order valence-corrected chi connectivity index (χ3v) is 5.36. The second-order valence-corrected chi connectivity index (χ2v) is 6.92. The minimum atomic E-state index is -1.38. The molecule has 0 bridgehead atoms. The van der Waals surface area contributed by atoms with Crippen LogP contribution >= 0.6 is 0 Å². The molecule has 0 aromatic heterocycles. The fraction of sp³-hybridized carbons (Fsp3) is 0.300. The Morgan fingerprint density at radius 3 is 2.56 bits per heavy atom. The van der Waals surface area contributed by atoms with Gasteiger partial charge >= 0.3 is 51.4 Å². The van der Waals surface area contributed by atoms with E-state index in [-0.39, 0.29) is 75.6 Å². The summed E-state index contributed by atoms with van der Waals surface area (Å²) in [5, 5.41) is 32.6. The summed E-state index contributed by atoms with van der Waals surface area (Å²) in [5.74, 6) is -2.32. The third kappa shape index (κ3) is 3.31. The van der Waals surface area contributed by atoms with Gasteiger partial charge in [-0.2, -0.15) is 0 Å². The molecule has 0 spiro atoms. The van der Waals surface area contributed by atoms with Gasteiger partial charge in [0.2, 0.25) is 5.91 Å². The van der Waals surface area contributed by atoms with Gasteiger partial charge in [0.15, 0.2) is 0 Å². The Labute approximate surface area is 198 Å². The first-order valence-corrected chi connectivity index (χ1v) is 8.52. The Hall–Kier alpha value is -1.06. The summed E-state index contributed by atoms with van der Waals surface area (Å²) in [7, 11) is 0. The molecule has 2 aliphatic rings. The standard InChI is InChI=1S/C20H19NO5.K/c1-10(23)17-16-8-15(18(20(25)26)21(16)19(17)24)14-5-4-12-6-11(9-22)2-3-13(12)7-14;/h2-7,10,16-17,22-23H,8-9H2,1H3,(H,25,26);/q;+1/p-1/t10-,16-,17-;/m1./s1. The molecule has 1 amide bonds. The number of hydrogen-bond donors (Lipinski definition) is 2. The van der Waals surface area contributed by atoms with Crippen LogP contribution in [-0.4, -0.2) is 39.1 Å². The second kappa shape index (κ2) is 7.75. The van der Waals surface area contributed by atoms with Crippen molar-refractivity contribution < 1.29 is 76.3 Å². The Balaban J connectivity index is 0.00000210. The first kappa shape index (κ1) is 20.7. The van der Waals surface area contributed by atoms with Gasteiger partial charge < -0.3 is 25.0 Å². The normalized spacial score (nSPS) is 22.3. The number of fused-ring (bicyclic) bond motifs is 2. The number of nitrogens with zero attached hydrogens (tertiary/aromatic N) is 1. The van der Waals surface area contributed by atoms with E-state index in [9.17, 15) is 24.9 Å². The van der Waals surface area contributed by atoms with E-state index in [0.29, 0.717) is 12.0 Å². The van der Waals surface area contributed by atoms with Crippen molar-refractivity contribution in [1.82, 2.24) is 4.90 Å². The first-order valence-electron chi connectivity index (χ1n) is 8.52. The van der Waals surface area contributed by atoms with Gasteiger partial charge in [-0.15, -0.1) is 0 Å². The first-order chi connectivity index (χ1) is 12.4. The number of rotatable bonds is 4. The van der Waals surface area contributed by atoms with Crippen LogP contribution in [0, 0.1) is 5.92 Å². The molecule has 2 heterocycles. The van der Waals surface area contributed by atoms with Crippen LogP contribution in [0.15, 0.2) is 42.1 Å². The summed E-state index contributed by atoms with van der Waals surface area (Å²) in [4.78, 5) is 25.2. The van der Waals surface area contributed by atoms with Gasteiger partial charge in [0.1, 0.15) is 0 Å². The molecule has 3 atom stereocenters. The largest absolute Gasteiger partial charge is 1.00 e. The molecule has 6 nitrogen and oxygen atoms in total. The Kier molecular flexibility index (Phi) is 5.93. The molecular formula is C20H18KNO5. The van der Waals surface area contributed by atoms with Gasteiger partial charge in [0, 0.05) is 0 Å². The summed E-state index contributed by atoms with van der Waals surface area (Å²) in [6.45, 7) is 1.50. The van der Waals surface area contributed by atoms with Crippen LogP contribution in [-0.2, 0) is 16.2 Å². The Bertz CT molecular complexity index is 968. The van der Waals surface area contributed by atoms with E-state index in [4.69, 9.17) is 0 Å². The molecule has 2 aromatic carbocycles. The fourth-order valence-corrected chi connectivity index (χ4v) is 4.10. The van der Waals surface area contributed by atoms with Crippen molar-refractivity contribution in [3.8, 4) is 0 Å². The molecule has 0 unspecified atom stereocenters. The summed E-state index contributed by atoms with van der Waals surface area (Å²) in [6, 6.07) is 10.8. The van der Waals surface area contributed by atoms with E-state index in [2.05, 4.69) is 0 Å². The number of carboxylic acids is 1. The monoisotopic (exact) mass is 391 g/mol. The van der Waals surface area contributed by atoms with Crippen molar-refractivity contribution in [1.29, 1.82) is 0 Å². The average Bonchev–Trinajstić information content (AvgIpc) is 2.95. The minimum Gasteiger partial charge on any atom is -0.543 e. The van der Waals surface area contributed by atoms with Gasteiger partial charge in [-0.1, -0.05) is 24.3 Å². The van der Waals surface area contributed by atoms with Crippen molar-refractivity contribution in [2.45, 2.75) is 32.1 Å². The maximum Gasteiger partial charge on any atom is 1.00 e. The number of aliphatic carboxylic acids is 1. The molecule has 1 fully saturated rings. The van der Waals surface area contributed by atoms with E-state index in [0.717, 1.165) is 21.9 Å². The van der Waals surface area contributed by atoms with Gasteiger partial charge in [-0.3, -0.25) is 4.79 Å². The van der Waals surface area contributed by atoms with E-state index >= 15 is 0 Å². The van der Waals surface area contributed by atoms with Crippen LogP contribution in [0.3, 0.4) is 0 Å². The zero-order chi connectivity index (χ0) is 18.6. The van der Waals surface area contributed by atoms with Gasteiger partial charge in [0.05, 0.1) is 36.3 Å². The minimum absolute atomic E-state index is 0. The predicted molar refractivity (Wildman–Crippen MR) is 92.2 cm³/mol. The number of aliphatic hydroxyl groups excluding tert-OH is 2. The van der Waals surface area contributed by atoms with Crippen LogP contribution in [0.1, 0.15) is 24.5 Å². The summed E-state index contributed by atoms with van der Waals surface area (Å²) in [6.07, 6.45) is -0.440. The van der Waals surface area contributed by atoms with Gasteiger partial charge in [-0.05, 0) is 52.9 Å². The molecule has 27 heavy (non-hydrogen) atoms. The van der Waals surface area contributed by atoms with Crippen LogP contribution in [0.5, 0.6) is 0 Å². The van der Waals surface area contributed by atoms with Crippen LogP contribution in [0.25, 0.3) is 16.3 Å². The number of carbonyl (C=O) groups excluding carboxylic acids is 2. The van der Waals surface area contributed by atoms with Crippen LogP contribution in [0.4, 0.5) is 0 Å². The molecule has 7 heteroatoms. The topological polar surface area (TPSA) is 101 Å². The summed E-state index contributed by atoms with van der Waals surface area (Å²) < 4.78 is 0. The van der Waals surface area contributed by atoms with E-state index in [1.54, 1.807) is 6.92 Å². The van der Waals surface area contributed by atoms with Crippen LogP contribution < -0.4 is 56.5 Å². The smallest absolute Gasteiger partial charge is 0.543 e. The maximum absolute atomic E-state index is 12.3. The number of amides is 1. The number of β-lactam (4-membered cyclic amide) rings is 1. The Morgan fingerprint density at radius 1 is 1.26 bits per heavy atom. The summed E-state index contributed by atoms with van der Waals surface area (Å²) >= 11 is 0. The molecule has 1 saturated heterocycles. The van der Waals surface area contributed by atoms with Crippen molar-refractivity contribution in [2.75, 3.05) is 0 Å². The molecule has 2 aliphatic heterocycles. The molecule has 0 radical (unpaired) electrons. The summed E-state index contributed by atoms with van der Waals surface area (Å²) in [5.41, 5.74) is 1.98.